The molecule has 19 heavy (non-hydrogen) atoms. The molecule has 2 rings (SSSR count). The minimum Gasteiger partial charge on any atom is -0.481 e. The Hall–Kier alpha value is -1.37. The number of amides is 1. The lowest BCUT2D eigenvalue weighted by Crippen LogP contribution is -2.40. The number of carbonyl (C=O) groups is 2. The Balaban J connectivity index is 1.76. The molecule has 1 fully saturated rings. The van der Waals surface area contributed by atoms with Crippen molar-refractivity contribution < 1.29 is 14.7 Å². The first-order valence-electron chi connectivity index (χ1n) is 6.24. The van der Waals surface area contributed by atoms with Gasteiger partial charge in [-0.1, -0.05) is 0 Å². The monoisotopic (exact) mass is 329 g/mol. The predicted octanol–water partition coefficient (Wildman–Crippen LogP) is 1.41. The molecule has 1 heterocycles. The van der Waals surface area contributed by atoms with Crippen LogP contribution in [0, 0.1) is 5.92 Å². The molecular weight excluding hydrogens is 314 g/mol. The van der Waals surface area contributed by atoms with Crippen LogP contribution in [0.25, 0.3) is 0 Å². The van der Waals surface area contributed by atoms with E-state index in [0.29, 0.717) is 12.8 Å². The van der Waals surface area contributed by atoms with Crippen molar-refractivity contribution in [1.82, 2.24) is 15.1 Å². The van der Waals surface area contributed by atoms with Gasteiger partial charge in [0.2, 0.25) is 5.91 Å². The van der Waals surface area contributed by atoms with Crippen LogP contribution in [0.4, 0.5) is 0 Å². The molecule has 0 saturated heterocycles. The summed E-state index contributed by atoms with van der Waals surface area (Å²) < 4.78 is 2.39. The summed E-state index contributed by atoms with van der Waals surface area (Å²) in [6.07, 6.45) is 6.09. The van der Waals surface area contributed by atoms with Crippen molar-refractivity contribution >= 4 is 27.8 Å². The fraction of sp³-hybridized carbons (Fsp3) is 0.583. The van der Waals surface area contributed by atoms with Crippen molar-refractivity contribution in [2.24, 2.45) is 5.92 Å². The van der Waals surface area contributed by atoms with E-state index in [9.17, 15) is 9.59 Å². The van der Waals surface area contributed by atoms with E-state index < -0.39 is 5.97 Å². The van der Waals surface area contributed by atoms with E-state index in [1.54, 1.807) is 17.1 Å². The molecule has 0 radical (unpaired) electrons. The Morgan fingerprint density at radius 2 is 2.11 bits per heavy atom. The number of nitrogens with one attached hydrogen (secondary N) is 1. The average Bonchev–Trinajstić information content (AvgIpc) is 2.75. The van der Waals surface area contributed by atoms with Gasteiger partial charge >= 0.3 is 5.97 Å². The van der Waals surface area contributed by atoms with Crippen molar-refractivity contribution in [3.63, 3.8) is 0 Å². The zero-order valence-corrected chi connectivity index (χ0v) is 12.0. The number of aromatic nitrogens is 2. The van der Waals surface area contributed by atoms with Crippen LogP contribution >= 0.6 is 15.9 Å². The number of carboxylic acids is 1. The van der Waals surface area contributed by atoms with Crippen molar-refractivity contribution in [1.29, 1.82) is 0 Å². The summed E-state index contributed by atoms with van der Waals surface area (Å²) in [5.74, 6) is -1.07. The zero-order chi connectivity index (χ0) is 13.8. The van der Waals surface area contributed by atoms with Crippen LogP contribution in [0.15, 0.2) is 16.9 Å². The molecule has 2 N–H and O–H groups in total. The lowest BCUT2D eigenvalue weighted by molar-refractivity contribution is -0.142. The first kappa shape index (κ1) is 14.0. The Bertz CT molecular complexity index is 467. The smallest absolute Gasteiger partial charge is 0.306 e. The Labute approximate surface area is 119 Å². The van der Waals surface area contributed by atoms with Gasteiger partial charge in [-0.3, -0.25) is 14.3 Å². The molecule has 1 aromatic rings. The molecule has 6 nitrogen and oxygen atoms in total. The molecule has 0 unspecified atom stereocenters. The van der Waals surface area contributed by atoms with Gasteiger partial charge in [-0.2, -0.15) is 5.10 Å². The third kappa shape index (κ3) is 4.05. The summed E-state index contributed by atoms with van der Waals surface area (Å²) >= 11 is 3.27. The lowest BCUT2D eigenvalue weighted by atomic mass is 9.86. The Morgan fingerprint density at radius 3 is 2.63 bits per heavy atom. The van der Waals surface area contributed by atoms with Gasteiger partial charge in [-0.25, -0.2) is 0 Å². The number of aliphatic carboxylic acids is 1. The second-order valence-electron chi connectivity index (χ2n) is 4.81. The lowest BCUT2D eigenvalue weighted by Gasteiger charge is -2.26. The third-order valence-electron chi connectivity index (χ3n) is 3.35. The molecule has 0 spiro atoms. The number of nitrogens with zero attached hydrogens (tertiary/aromatic N) is 2. The van der Waals surface area contributed by atoms with E-state index in [1.807, 2.05) is 0 Å². The van der Waals surface area contributed by atoms with Crippen LogP contribution in [0.5, 0.6) is 0 Å². The molecule has 0 aliphatic heterocycles. The number of carboxylic acid groups (broad SMARTS) is 1. The van der Waals surface area contributed by atoms with Crippen LogP contribution in [-0.4, -0.2) is 32.8 Å². The normalized spacial score (nSPS) is 23.0. The first-order valence-corrected chi connectivity index (χ1v) is 7.04. The molecule has 7 heteroatoms. The molecule has 104 valence electrons. The number of halogens is 1. The highest BCUT2D eigenvalue weighted by Crippen LogP contribution is 2.24. The molecule has 1 saturated carbocycles. The van der Waals surface area contributed by atoms with Crippen LogP contribution in [0.2, 0.25) is 0 Å². The van der Waals surface area contributed by atoms with Crippen molar-refractivity contribution in [3.05, 3.63) is 16.9 Å². The van der Waals surface area contributed by atoms with Crippen LogP contribution < -0.4 is 5.32 Å². The van der Waals surface area contributed by atoms with Gasteiger partial charge in [0.05, 0.1) is 16.6 Å². The van der Waals surface area contributed by atoms with Crippen LogP contribution in [-0.2, 0) is 16.1 Å². The van der Waals surface area contributed by atoms with Gasteiger partial charge in [-0.15, -0.1) is 0 Å². The molecule has 1 aliphatic carbocycles. The summed E-state index contributed by atoms with van der Waals surface area (Å²) in [7, 11) is 0. The van der Waals surface area contributed by atoms with Gasteiger partial charge in [0.1, 0.15) is 6.54 Å². The summed E-state index contributed by atoms with van der Waals surface area (Å²) in [5, 5.41) is 15.8. The number of carbonyl (C=O) groups excluding carboxylic acids is 1. The fourth-order valence-electron chi connectivity index (χ4n) is 2.33. The van der Waals surface area contributed by atoms with Crippen molar-refractivity contribution in [3.8, 4) is 0 Å². The molecule has 1 aliphatic rings. The minimum atomic E-state index is -0.730. The standard InChI is InChI=1S/C12H16BrN3O3/c13-9-5-14-16(6-9)7-11(17)15-10-3-1-8(2-4-10)12(18)19/h5-6,8,10H,1-4,7H2,(H,15,17)(H,18,19). The summed E-state index contributed by atoms with van der Waals surface area (Å²) in [6, 6.07) is 0.0853. The SMILES string of the molecule is O=C(Cn1cc(Br)cn1)NC1CCC(C(=O)O)CC1. The van der Waals surface area contributed by atoms with Crippen molar-refractivity contribution in [2.75, 3.05) is 0 Å². The van der Waals surface area contributed by atoms with E-state index in [-0.39, 0.29) is 24.4 Å². The summed E-state index contributed by atoms with van der Waals surface area (Å²) in [6.45, 7) is 0.185. The van der Waals surface area contributed by atoms with Gasteiger partial charge in [0.25, 0.3) is 0 Å². The predicted molar refractivity (Wildman–Crippen MR) is 71.5 cm³/mol. The number of hydrogen-bond acceptors (Lipinski definition) is 3. The maximum atomic E-state index is 11.8. The molecule has 1 aromatic heterocycles. The maximum Gasteiger partial charge on any atom is 0.306 e. The Kier molecular flexibility index (Phi) is 4.57. The summed E-state index contributed by atoms with van der Waals surface area (Å²) in [5.41, 5.74) is 0. The van der Waals surface area contributed by atoms with E-state index in [2.05, 4.69) is 26.3 Å². The maximum absolute atomic E-state index is 11.8. The van der Waals surface area contributed by atoms with Crippen LogP contribution in [0.3, 0.4) is 0 Å². The van der Waals surface area contributed by atoms with E-state index in [1.165, 1.54) is 0 Å². The van der Waals surface area contributed by atoms with Crippen molar-refractivity contribution in [2.45, 2.75) is 38.3 Å². The van der Waals surface area contributed by atoms with Gasteiger partial charge in [0.15, 0.2) is 0 Å². The average molecular weight is 330 g/mol. The molecule has 0 aromatic carbocycles. The van der Waals surface area contributed by atoms with E-state index >= 15 is 0 Å². The highest BCUT2D eigenvalue weighted by Gasteiger charge is 2.26. The highest BCUT2D eigenvalue weighted by molar-refractivity contribution is 9.10. The molecule has 0 bridgehead atoms. The zero-order valence-electron chi connectivity index (χ0n) is 10.4. The first-order chi connectivity index (χ1) is 9.04. The third-order valence-corrected chi connectivity index (χ3v) is 3.76. The minimum absolute atomic E-state index is 0.0853. The van der Waals surface area contributed by atoms with Gasteiger partial charge < -0.3 is 10.4 Å². The Morgan fingerprint density at radius 1 is 1.42 bits per heavy atom. The topological polar surface area (TPSA) is 84.2 Å². The van der Waals surface area contributed by atoms with Gasteiger partial charge in [0, 0.05) is 12.2 Å². The second-order valence-corrected chi connectivity index (χ2v) is 5.73. The fourth-order valence-corrected chi connectivity index (χ4v) is 2.66. The molecule has 1 amide bonds. The van der Waals surface area contributed by atoms with Crippen LogP contribution in [0.1, 0.15) is 25.7 Å². The van der Waals surface area contributed by atoms with E-state index in [4.69, 9.17) is 5.11 Å². The number of rotatable bonds is 4. The van der Waals surface area contributed by atoms with E-state index in [0.717, 1.165) is 17.3 Å². The quantitative estimate of drug-likeness (QED) is 0.874. The highest BCUT2D eigenvalue weighted by atomic mass is 79.9. The molecule has 0 atom stereocenters. The second kappa shape index (κ2) is 6.18. The van der Waals surface area contributed by atoms with Gasteiger partial charge in [-0.05, 0) is 41.6 Å². The largest absolute Gasteiger partial charge is 0.481 e. The summed E-state index contributed by atoms with van der Waals surface area (Å²) in [4.78, 5) is 22.6. The number of hydrogen-bond donors (Lipinski definition) is 2. The molecular formula is C12H16BrN3O3.